The monoisotopic (exact) mass is 448 g/mol. The first-order valence-corrected chi connectivity index (χ1v) is 10.7. The molecule has 1 heterocycles. The maximum absolute atomic E-state index is 12.8. The average molecular weight is 448 g/mol. The van der Waals surface area contributed by atoms with E-state index < -0.39 is 5.97 Å². The fraction of sp³-hybridized carbons (Fsp3) is 0.231. The van der Waals surface area contributed by atoms with Crippen molar-refractivity contribution in [2.45, 2.75) is 12.8 Å². The van der Waals surface area contributed by atoms with Crippen LogP contribution >= 0.6 is 0 Å². The lowest BCUT2D eigenvalue weighted by Gasteiger charge is -2.18. The summed E-state index contributed by atoms with van der Waals surface area (Å²) in [6, 6.07) is 17.0. The molecule has 0 amide bonds. The van der Waals surface area contributed by atoms with Gasteiger partial charge in [0.1, 0.15) is 17.1 Å². The molecule has 0 unspecified atom stereocenters. The van der Waals surface area contributed by atoms with Gasteiger partial charge in [-0.3, -0.25) is 4.79 Å². The van der Waals surface area contributed by atoms with E-state index in [2.05, 4.69) is 0 Å². The Bertz CT molecular complexity index is 1290. The molecule has 2 N–H and O–H groups in total. The molecule has 2 aliphatic rings. The topological polar surface area (TPSA) is 106 Å². The summed E-state index contributed by atoms with van der Waals surface area (Å²) in [5.41, 5.74) is 2.75. The Morgan fingerprint density at radius 1 is 0.879 bits per heavy atom. The Balaban J connectivity index is 1.89. The summed E-state index contributed by atoms with van der Waals surface area (Å²) in [6.07, 6.45) is 0.860. The third-order valence-electron chi connectivity index (χ3n) is 5.19. The number of ether oxygens (including phenoxy) is 2. The lowest BCUT2D eigenvalue weighted by Crippen LogP contribution is -2.09. The van der Waals surface area contributed by atoms with Crippen molar-refractivity contribution in [3.8, 4) is 28.2 Å². The van der Waals surface area contributed by atoms with Gasteiger partial charge in [-0.2, -0.15) is 0 Å². The van der Waals surface area contributed by atoms with Crippen LogP contribution in [0.15, 0.2) is 69.9 Å². The molecule has 1 aliphatic carbocycles. The van der Waals surface area contributed by atoms with Crippen LogP contribution in [0, 0.1) is 0 Å². The lowest BCUT2D eigenvalue weighted by molar-refractivity contribution is 0.0483. The van der Waals surface area contributed by atoms with Gasteiger partial charge in [-0.05, 0) is 35.9 Å². The first-order chi connectivity index (χ1) is 16.1. The van der Waals surface area contributed by atoms with Crippen molar-refractivity contribution in [3.05, 3.63) is 76.5 Å². The summed E-state index contributed by atoms with van der Waals surface area (Å²) in [7, 11) is 0. The Hall–Kier alpha value is -3.68. The van der Waals surface area contributed by atoms with Gasteiger partial charge >= 0.3 is 5.97 Å². The second-order valence-corrected chi connectivity index (χ2v) is 7.48. The Morgan fingerprint density at radius 2 is 1.67 bits per heavy atom. The van der Waals surface area contributed by atoms with Gasteiger partial charge in [0.05, 0.1) is 18.8 Å². The van der Waals surface area contributed by atoms with Crippen LogP contribution in [0.1, 0.15) is 23.2 Å². The number of aliphatic hydroxyl groups is 2. The number of aliphatic hydroxyl groups excluding tert-OH is 2. The van der Waals surface area contributed by atoms with E-state index in [9.17, 15) is 9.59 Å². The Morgan fingerprint density at radius 3 is 2.48 bits per heavy atom. The van der Waals surface area contributed by atoms with E-state index in [0.717, 1.165) is 10.9 Å². The van der Waals surface area contributed by atoms with Crippen LogP contribution in [-0.2, 0) is 4.74 Å². The van der Waals surface area contributed by atoms with E-state index in [1.54, 1.807) is 30.3 Å². The van der Waals surface area contributed by atoms with Crippen molar-refractivity contribution in [1.82, 2.24) is 0 Å². The number of carbonyl (C=O) groups excluding carboxylic acids is 1. The normalized spacial score (nSPS) is 11.1. The molecule has 0 saturated carbocycles. The van der Waals surface area contributed by atoms with E-state index in [-0.39, 0.29) is 25.2 Å². The van der Waals surface area contributed by atoms with Gasteiger partial charge < -0.3 is 24.1 Å². The van der Waals surface area contributed by atoms with Gasteiger partial charge in [0.2, 0.25) is 0 Å². The SMILES string of the molecule is O=C(OCCCO)c1ccccc1-c1c2ccc(=O)cc-2oc2cc(OCCCO)ccc12. The molecule has 0 bridgehead atoms. The van der Waals surface area contributed by atoms with Gasteiger partial charge in [0.15, 0.2) is 5.43 Å². The molecule has 7 heteroatoms. The molecule has 4 rings (SSSR count). The van der Waals surface area contributed by atoms with Crippen molar-refractivity contribution in [3.63, 3.8) is 0 Å². The number of hydrogen-bond acceptors (Lipinski definition) is 7. The van der Waals surface area contributed by atoms with E-state index >= 15 is 0 Å². The molecule has 2 aromatic rings. The molecule has 2 aromatic carbocycles. The molecular formula is C26H24O7. The highest BCUT2D eigenvalue weighted by Gasteiger charge is 2.22. The first-order valence-electron chi connectivity index (χ1n) is 10.7. The van der Waals surface area contributed by atoms with Crippen molar-refractivity contribution < 1.29 is 28.9 Å². The van der Waals surface area contributed by atoms with Crippen LogP contribution in [-0.4, -0.2) is 42.6 Å². The minimum absolute atomic E-state index is 0.0320. The molecule has 1 aliphatic heterocycles. The van der Waals surface area contributed by atoms with Crippen molar-refractivity contribution in [2.75, 3.05) is 26.4 Å². The molecular weight excluding hydrogens is 424 g/mol. The van der Waals surface area contributed by atoms with E-state index in [1.807, 2.05) is 18.2 Å². The molecule has 0 spiro atoms. The largest absolute Gasteiger partial charge is 0.493 e. The number of carbonyl (C=O) groups is 1. The molecule has 0 fully saturated rings. The summed E-state index contributed by atoms with van der Waals surface area (Å²) >= 11 is 0. The lowest BCUT2D eigenvalue weighted by atomic mass is 9.91. The number of hydrogen-bond donors (Lipinski definition) is 2. The standard InChI is InChI=1S/C26H24O7/c27-11-3-13-31-18-8-10-22-24(16-18)33-23-15-17(29)7-9-21(23)25(22)19-5-1-2-6-20(19)26(30)32-14-4-12-28/h1-2,5-10,15-16,27-28H,3-4,11-14H2. The van der Waals surface area contributed by atoms with Crippen LogP contribution in [0.2, 0.25) is 0 Å². The zero-order chi connectivity index (χ0) is 23.2. The zero-order valence-corrected chi connectivity index (χ0v) is 18.0. The number of rotatable bonds is 9. The van der Waals surface area contributed by atoms with Crippen molar-refractivity contribution in [1.29, 1.82) is 0 Å². The number of fused-ring (bicyclic) bond motifs is 2. The van der Waals surface area contributed by atoms with Gasteiger partial charge in [-0.15, -0.1) is 0 Å². The summed E-state index contributed by atoms with van der Waals surface area (Å²) in [5, 5.41) is 18.7. The molecule has 0 saturated heterocycles. The Kier molecular flexibility index (Phi) is 7.02. The van der Waals surface area contributed by atoms with Crippen LogP contribution in [0.5, 0.6) is 5.75 Å². The highest BCUT2D eigenvalue weighted by atomic mass is 16.5. The van der Waals surface area contributed by atoms with Crippen LogP contribution < -0.4 is 10.2 Å². The number of benzene rings is 3. The summed E-state index contributed by atoms with van der Waals surface area (Å²) in [6.45, 7) is 0.438. The highest BCUT2D eigenvalue weighted by molar-refractivity contribution is 6.07. The maximum atomic E-state index is 12.8. The molecule has 0 aromatic heterocycles. The number of esters is 1. The highest BCUT2D eigenvalue weighted by Crippen LogP contribution is 2.42. The summed E-state index contributed by atoms with van der Waals surface area (Å²) in [5.74, 6) is 0.464. The summed E-state index contributed by atoms with van der Waals surface area (Å²) in [4.78, 5) is 24.9. The summed E-state index contributed by atoms with van der Waals surface area (Å²) < 4.78 is 17.1. The second-order valence-electron chi connectivity index (χ2n) is 7.48. The first kappa shape index (κ1) is 22.5. The molecule has 7 nitrogen and oxygen atoms in total. The smallest absolute Gasteiger partial charge is 0.338 e. The van der Waals surface area contributed by atoms with Gasteiger partial charge in [0.25, 0.3) is 0 Å². The quantitative estimate of drug-likeness (QED) is 0.227. The van der Waals surface area contributed by atoms with E-state index in [1.165, 1.54) is 12.1 Å². The predicted octanol–water partition coefficient (Wildman–Crippen LogP) is 3.87. The molecule has 0 atom stereocenters. The average Bonchev–Trinajstić information content (AvgIpc) is 2.82. The Labute approximate surface area is 190 Å². The van der Waals surface area contributed by atoms with Crippen molar-refractivity contribution >= 4 is 16.9 Å². The third-order valence-corrected chi connectivity index (χ3v) is 5.19. The predicted molar refractivity (Wildman–Crippen MR) is 124 cm³/mol. The fourth-order valence-electron chi connectivity index (χ4n) is 3.67. The van der Waals surface area contributed by atoms with Gasteiger partial charge in [0, 0.05) is 54.7 Å². The van der Waals surface area contributed by atoms with Crippen LogP contribution in [0.25, 0.3) is 33.4 Å². The fourth-order valence-corrected chi connectivity index (χ4v) is 3.67. The molecule has 33 heavy (non-hydrogen) atoms. The molecule has 170 valence electrons. The van der Waals surface area contributed by atoms with Crippen LogP contribution in [0.4, 0.5) is 0 Å². The minimum Gasteiger partial charge on any atom is -0.493 e. The van der Waals surface area contributed by atoms with Gasteiger partial charge in [-0.1, -0.05) is 18.2 Å². The third kappa shape index (κ3) is 4.89. The maximum Gasteiger partial charge on any atom is 0.338 e. The molecule has 0 radical (unpaired) electrons. The minimum atomic E-state index is -0.495. The van der Waals surface area contributed by atoms with Crippen molar-refractivity contribution in [2.24, 2.45) is 0 Å². The van der Waals surface area contributed by atoms with E-state index in [4.69, 9.17) is 24.1 Å². The second kappa shape index (κ2) is 10.3. The zero-order valence-electron chi connectivity index (χ0n) is 18.0. The van der Waals surface area contributed by atoms with Crippen LogP contribution in [0.3, 0.4) is 0 Å². The van der Waals surface area contributed by atoms with E-state index in [0.29, 0.717) is 53.2 Å². The van der Waals surface area contributed by atoms with Gasteiger partial charge in [-0.25, -0.2) is 4.79 Å².